The van der Waals surface area contributed by atoms with Crippen LogP contribution < -0.4 is 22.1 Å². The summed E-state index contributed by atoms with van der Waals surface area (Å²) in [7, 11) is 0. The highest BCUT2D eigenvalue weighted by Crippen LogP contribution is 2.38. The van der Waals surface area contributed by atoms with Crippen LogP contribution >= 0.6 is 0 Å². The van der Waals surface area contributed by atoms with Gasteiger partial charge in [0.1, 0.15) is 12.4 Å². The largest absolute Gasteiger partial charge is 0.327 e. The minimum Gasteiger partial charge on any atom is -0.310 e. The third-order valence-electron chi connectivity index (χ3n) is 3.21. The SMILES string of the molecule is O=C(Cn1nc(C2CC2)ccc1=O)Nc1cc(=O)[nH]c(=O)[nH]1. The molecule has 1 aliphatic rings. The molecule has 114 valence electrons. The molecule has 0 aromatic carbocycles. The highest BCUT2D eigenvalue weighted by molar-refractivity contribution is 5.89. The van der Waals surface area contributed by atoms with Crippen LogP contribution in [0, 0.1) is 0 Å². The smallest absolute Gasteiger partial charge is 0.310 e. The maximum Gasteiger partial charge on any atom is 0.327 e. The Morgan fingerprint density at radius 2 is 2.05 bits per heavy atom. The Morgan fingerprint density at radius 3 is 2.73 bits per heavy atom. The zero-order chi connectivity index (χ0) is 15.7. The monoisotopic (exact) mass is 303 g/mol. The highest BCUT2D eigenvalue weighted by atomic mass is 16.2. The molecule has 0 radical (unpaired) electrons. The van der Waals surface area contributed by atoms with Crippen molar-refractivity contribution in [1.29, 1.82) is 0 Å². The van der Waals surface area contributed by atoms with Gasteiger partial charge >= 0.3 is 5.69 Å². The normalized spacial score (nSPS) is 13.8. The summed E-state index contributed by atoms with van der Waals surface area (Å²) in [4.78, 5) is 50.1. The molecule has 3 N–H and O–H groups in total. The van der Waals surface area contributed by atoms with E-state index in [4.69, 9.17) is 0 Å². The Balaban J connectivity index is 1.76. The van der Waals surface area contributed by atoms with Gasteiger partial charge < -0.3 is 5.32 Å². The number of anilines is 1. The van der Waals surface area contributed by atoms with E-state index in [2.05, 4.69) is 15.4 Å². The number of nitrogens with one attached hydrogen (secondary N) is 3. The van der Waals surface area contributed by atoms with Crippen molar-refractivity contribution in [3.05, 3.63) is 55.1 Å². The van der Waals surface area contributed by atoms with Crippen LogP contribution in [0.4, 0.5) is 5.82 Å². The molecule has 22 heavy (non-hydrogen) atoms. The van der Waals surface area contributed by atoms with Gasteiger partial charge in [0, 0.05) is 18.1 Å². The van der Waals surface area contributed by atoms with Gasteiger partial charge in [0.25, 0.3) is 11.1 Å². The quantitative estimate of drug-likeness (QED) is 0.676. The van der Waals surface area contributed by atoms with Crippen LogP contribution in [0.1, 0.15) is 24.5 Å². The fourth-order valence-corrected chi connectivity index (χ4v) is 2.04. The lowest BCUT2D eigenvalue weighted by Crippen LogP contribution is -2.31. The van der Waals surface area contributed by atoms with E-state index in [0.717, 1.165) is 29.3 Å². The van der Waals surface area contributed by atoms with Gasteiger partial charge in [-0.1, -0.05) is 0 Å². The maximum atomic E-state index is 11.9. The fraction of sp³-hybridized carbons (Fsp3) is 0.308. The molecule has 9 heteroatoms. The molecule has 0 saturated heterocycles. The lowest BCUT2D eigenvalue weighted by atomic mass is 10.3. The third kappa shape index (κ3) is 3.19. The summed E-state index contributed by atoms with van der Waals surface area (Å²) in [5.74, 6) is -0.243. The van der Waals surface area contributed by atoms with Gasteiger partial charge in [-0.2, -0.15) is 5.10 Å². The standard InChI is InChI=1S/C13H13N5O4/c19-10-5-9(15-13(22)16-10)14-11(20)6-18-12(21)4-3-8(17-18)7-1-2-7/h3-5,7H,1-2,6H2,(H3,14,15,16,19,20,22). The highest BCUT2D eigenvalue weighted by Gasteiger charge is 2.25. The molecule has 3 rings (SSSR count). The minimum absolute atomic E-state index is 0.0369. The van der Waals surface area contributed by atoms with Crippen molar-refractivity contribution < 1.29 is 4.79 Å². The molecule has 2 aromatic heterocycles. The summed E-state index contributed by atoms with van der Waals surface area (Å²) in [6.07, 6.45) is 2.07. The maximum absolute atomic E-state index is 11.9. The van der Waals surface area contributed by atoms with Gasteiger partial charge in [0.15, 0.2) is 0 Å². The molecule has 0 spiro atoms. The molecule has 2 heterocycles. The zero-order valence-corrected chi connectivity index (χ0v) is 11.5. The third-order valence-corrected chi connectivity index (χ3v) is 3.21. The van der Waals surface area contributed by atoms with E-state index in [1.807, 2.05) is 4.98 Å². The van der Waals surface area contributed by atoms with E-state index in [-0.39, 0.29) is 17.9 Å². The summed E-state index contributed by atoms with van der Waals surface area (Å²) in [6, 6.07) is 4.09. The van der Waals surface area contributed by atoms with Crippen LogP contribution in [0.2, 0.25) is 0 Å². The minimum atomic E-state index is -0.728. The number of aromatic amines is 2. The number of hydrogen-bond donors (Lipinski definition) is 3. The van der Waals surface area contributed by atoms with Crippen molar-refractivity contribution in [2.75, 3.05) is 5.32 Å². The average Bonchev–Trinajstić information content (AvgIpc) is 3.24. The van der Waals surface area contributed by atoms with Crippen LogP contribution in [0.5, 0.6) is 0 Å². The molecule has 0 unspecified atom stereocenters. The lowest BCUT2D eigenvalue weighted by molar-refractivity contribution is -0.117. The molecule has 0 bridgehead atoms. The number of hydrogen-bond acceptors (Lipinski definition) is 5. The second kappa shape index (κ2) is 5.43. The second-order valence-electron chi connectivity index (χ2n) is 5.08. The van der Waals surface area contributed by atoms with Crippen molar-refractivity contribution in [2.45, 2.75) is 25.3 Å². The van der Waals surface area contributed by atoms with Gasteiger partial charge in [0.05, 0.1) is 5.69 Å². The Labute approximate surface area is 123 Å². The fourth-order valence-electron chi connectivity index (χ4n) is 2.04. The number of amides is 1. The molecular formula is C13H13N5O4. The number of carbonyl (C=O) groups is 1. The Bertz CT molecular complexity index is 862. The summed E-state index contributed by atoms with van der Waals surface area (Å²) < 4.78 is 1.06. The molecule has 0 atom stereocenters. The van der Waals surface area contributed by atoms with Crippen LogP contribution in [0.3, 0.4) is 0 Å². The van der Waals surface area contributed by atoms with Gasteiger partial charge in [-0.3, -0.25) is 24.4 Å². The molecule has 1 saturated carbocycles. The van der Waals surface area contributed by atoms with Crippen molar-refractivity contribution >= 4 is 11.7 Å². The predicted octanol–water partition coefficient (Wildman–Crippen LogP) is -0.864. The Hall–Kier alpha value is -2.97. The van der Waals surface area contributed by atoms with E-state index in [1.54, 1.807) is 6.07 Å². The molecule has 9 nitrogen and oxygen atoms in total. The first-order valence-electron chi connectivity index (χ1n) is 6.73. The number of H-pyrrole nitrogens is 2. The molecular weight excluding hydrogens is 290 g/mol. The predicted molar refractivity (Wildman–Crippen MR) is 76.8 cm³/mol. The summed E-state index contributed by atoms with van der Waals surface area (Å²) in [5.41, 5.74) is -0.963. The van der Waals surface area contributed by atoms with Crippen molar-refractivity contribution in [2.24, 2.45) is 0 Å². The zero-order valence-electron chi connectivity index (χ0n) is 11.5. The lowest BCUT2D eigenvalue weighted by Gasteiger charge is -2.07. The number of aromatic nitrogens is 4. The van der Waals surface area contributed by atoms with Crippen molar-refractivity contribution in [1.82, 2.24) is 19.7 Å². The Morgan fingerprint density at radius 1 is 1.27 bits per heavy atom. The molecule has 1 fully saturated rings. The number of nitrogens with zero attached hydrogens (tertiary/aromatic N) is 2. The van der Waals surface area contributed by atoms with E-state index in [0.29, 0.717) is 5.92 Å². The van der Waals surface area contributed by atoms with E-state index < -0.39 is 17.2 Å². The molecule has 0 aliphatic heterocycles. The second-order valence-corrected chi connectivity index (χ2v) is 5.08. The van der Waals surface area contributed by atoms with Crippen molar-refractivity contribution in [3.63, 3.8) is 0 Å². The average molecular weight is 303 g/mol. The van der Waals surface area contributed by atoms with Crippen LogP contribution in [0.25, 0.3) is 0 Å². The number of carbonyl (C=O) groups excluding carboxylic acids is 1. The van der Waals surface area contributed by atoms with E-state index in [1.165, 1.54) is 6.07 Å². The van der Waals surface area contributed by atoms with Gasteiger partial charge in [-0.15, -0.1) is 0 Å². The summed E-state index contributed by atoms with van der Waals surface area (Å²) in [6.45, 7) is -0.297. The van der Waals surface area contributed by atoms with E-state index >= 15 is 0 Å². The van der Waals surface area contributed by atoms with Gasteiger partial charge in [-0.25, -0.2) is 9.48 Å². The first-order chi connectivity index (χ1) is 10.5. The molecule has 2 aromatic rings. The first kappa shape index (κ1) is 14.0. The molecule has 1 aliphatic carbocycles. The molecule has 1 amide bonds. The van der Waals surface area contributed by atoms with Gasteiger partial charge in [0.2, 0.25) is 5.91 Å². The summed E-state index contributed by atoms with van der Waals surface area (Å²) in [5, 5.41) is 6.50. The Kier molecular flexibility index (Phi) is 3.45. The van der Waals surface area contributed by atoms with Crippen molar-refractivity contribution in [3.8, 4) is 0 Å². The topological polar surface area (TPSA) is 130 Å². The van der Waals surface area contributed by atoms with Crippen LogP contribution in [0.15, 0.2) is 32.6 Å². The summed E-state index contributed by atoms with van der Waals surface area (Å²) >= 11 is 0. The van der Waals surface area contributed by atoms with Gasteiger partial charge in [-0.05, 0) is 18.9 Å². The van der Waals surface area contributed by atoms with E-state index in [9.17, 15) is 19.2 Å². The number of rotatable bonds is 4. The van der Waals surface area contributed by atoms with Crippen LogP contribution in [-0.4, -0.2) is 25.7 Å². The first-order valence-corrected chi connectivity index (χ1v) is 6.73. The van der Waals surface area contributed by atoms with Crippen LogP contribution in [-0.2, 0) is 11.3 Å².